The maximum Gasteiger partial charge on any atom is 0.337 e. The van der Waals surface area contributed by atoms with Crippen molar-refractivity contribution in [2.75, 3.05) is 7.11 Å². The van der Waals surface area contributed by atoms with E-state index in [0.717, 1.165) is 12.0 Å². The number of carbonyl (C=O) groups is 1. The average molecular weight is 297 g/mol. The number of methoxy groups -OCH3 is 1. The first kappa shape index (κ1) is 12.4. The van der Waals surface area contributed by atoms with Gasteiger partial charge in [-0.25, -0.2) is 4.79 Å². The van der Waals surface area contributed by atoms with Gasteiger partial charge in [-0.3, -0.25) is 0 Å². The van der Waals surface area contributed by atoms with E-state index in [-0.39, 0.29) is 18.1 Å². The van der Waals surface area contributed by atoms with Crippen molar-refractivity contribution in [2.45, 2.75) is 36.8 Å². The predicted octanol–water partition coefficient (Wildman–Crippen LogP) is 2.13. The van der Waals surface area contributed by atoms with Gasteiger partial charge >= 0.3 is 5.97 Å². The Labute approximate surface area is 120 Å². The molecule has 1 aromatic rings. The SMILES string of the molecule is COC(C(=O)O)c1cc(Cl)cc2c1OC1C[C@H]3O[C@H]3C21. The third-order valence-corrected chi connectivity index (χ3v) is 4.54. The molecule has 20 heavy (non-hydrogen) atoms. The van der Waals surface area contributed by atoms with E-state index in [1.54, 1.807) is 6.07 Å². The third-order valence-electron chi connectivity index (χ3n) is 4.32. The van der Waals surface area contributed by atoms with E-state index in [2.05, 4.69) is 0 Å². The van der Waals surface area contributed by atoms with Crippen molar-refractivity contribution < 1.29 is 24.1 Å². The van der Waals surface area contributed by atoms with Crippen LogP contribution in [0.5, 0.6) is 5.75 Å². The normalized spacial score (nSPS) is 33.9. The summed E-state index contributed by atoms with van der Waals surface area (Å²) in [4.78, 5) is 11.3. The molecule has 5 atom stereocenters. The minimum atomic E-state index is -1.07. The first-order valence-corrected chi connectivity index (χ1v) is 6.89. The molecule has 106 valence electrons. The number of carboxylic acids is 1. The Balaban J connectivity index is 1.82. The van der Waals surface area contributed by atoms with Gasteiger partial charge in [0.1, 0.15) is 11.9 Å². The molecule has 4 rings (SSSR count). The number of benzene rings is 1. The van der Waals surface area contributed by atoms with Crippen LogP contribution in [0.15, 0.2) is 12.1 Å². The second-order valence-corrected chi connectivity index (χ2v) is 5.86. The second-order valence-electron chi connectivity index (χ2n) is 5.42. The summed E-state index contributed by atoms with van der Waals surface area (Å²) in [6.07, 6.45) is 0.331. The number of hydrogen-bond acceptors (Lipinski definition) is 4. The lowest BCUT2D eigenvalue weighted by Crippen LogP contribution is -2.18. The molecule has 5 nitrogen and oxygen atoms in total. The Hall–Kier alpha value is -1.30. The third kappa shape index (κ3) is 1.60. The van der Waals surface area contributed by atoms with Gasteiger partial charge in [-0.1, -0.05) is 11.6 Å². The highest BCUT2D eigenvalue weighted by Gasteiger charge is 2.60. The molecule has 0 aromatic heterocycles. The van der Waals surface area contributed by atoms with Crippen LogP contribution in [-0.4, -0.2) is 36.5 Å². The molecule has 1 saturated carbocycles. The monoisotopic (exact) mass is 296 g/mol. The quantitative estimate of drug-likeness (QED) is 0.865. The van der Waals surface area contributed by atoms with Gasteiger partial charge in [-0.15, -0.1) is 0 Å². The molecular weight excluding hydrogens is 284 g/mol. The van der Waals surface area contributed by atoms with Crippen molar-refractivity contribution in [1.29, 1.82) is 0 Å². The second kappa shape index (κ2) is 4.10. The smallest absolute Gasteiger partial charge is 0.337 e. The lowest BCUT2D eigenvalue weighted by molar-refractivity contribution is -0.149. The fourth-order valence-corrected chi connectivity index (χ4v) is 3.71. The highest BCUT2D eigenvalue weighted by atomic mass is 35.5. The Kier molecular flexibility index (Phi) is 2.55. The van der Waals surface area contributed by atoms with E-state index in [4.69, 9.17) is 25.8 Å². The maximum absolute atomic E-state index is 11.3. The van der Waals surface area contributed by atoms with E-state index in [9.17, 15) is 9.90 Å². The number of carboxylic acid groups (broad SMARTS) is 1. The summed E-state index contributed by atoms with van der Waals surface area (Å²) in [7, 11) is 1.36. The van der Waals surface area contributed by atoms with Crippen molar-refractivity contribution in [3.8, 4) is 5.75 Å². The molecule has 6 heteroatoms. The Morgan fingerprint density at radius 2 is 2.30 bits per heavy atom. The van der Waals surface area contributed by atoms with Crippen molar-refractivity contribution in [1.82, 2.24) is 0 Å². The van der Waals surface area contributed by atoms with Crippen molar-refractivity contribution in [2.24, 2.45) is 0 Å². The number of fused-ring (bicyclic) bond motifs is 5. The Bertz CT molecular complexity index is 601. The van der Waals surface area contributed by atoms with Gasteiger partial charge in [0.25, 0.3) is 0 Å². The zero-order chi connectivity index (χ0) is 14.0. The number of hydrogen-bond donors (Lipinski definition) is 1. The zero-order valence-corrected chi connectivity index (χ0v) is 11.5. The first-order chi connectivity index (χ1) is 9.60. The molecule has 1 saturated heterocycles. The topological polar surface area (TPSA) is 68.3 Å². The van der Waals surface area contributed by atoms with E-state index in [1.807, 2.05) is 6.07 Å². The predicted molar refractivity (Wildman–Crippen MR) is 69.3 cm³/mol. The van der Waals surface area contributed by atoms with Crippen LogP contribution in [0.25, 0.3) is 0 Å². The van der Waals surface area contributed by atoms with Gasteiger partial charge in [0, 0.05) is 29.7 Å². The summed E-state index contributed by atoms with van der Waals surface area (Å²) in [5.41, 5.74) is 1.43. The molecule has 3 unspecified atom stereocenters. The number of rotatable bonds is 3. The molecule has 3 aliphatic rings. The van der Waals surface area contributed by atoms with Crippen LogP contribution in [0.1, 0.15) is 29.6 Å². The van der Waals surface area contributed by atoms with Crippen molar-refractivity contribution >= 4 is 17.6 Å². The van der Waals surface area contributed by atoms with E-state index >= 15 is 0 Å². The largest absolute Gasteiger partial charge is 0.489 e. The Morgan fingerprint density at radius 3 is 3.00 bits per heavy atom. The summed E-state index contributed by atoms with van der Waals surface area (Å²) in [6, 6.07) is 3.46. The molecule has 1 aromatic carbocycles. The van der Waals surface area contributed by atoms with Crippen LogP contribution in [0.3, 0.4) is 0 Å². The summed E-state index contributed by atoms with van der Waals surface area (Å²) in [6.45, 7) is 0. The van der Waals surface area contributed by atoms with Crippen molar-refractivity contribution in [3.05, 3.63) is 28.3 Å². The van der Waals surface area contributed by atoms with Crippen LogP contribution >= 0.6 is 11.6 Å². The van der Waals surface area contributed by atoms with Gasteiger partial charge in [-0.2, -0.15) is 0 Å². The molecule has 1 aliphatic carbocycles. The van der Waals surface area contributed by atoms with Gasteiger partial charge in [-0.05, 0) is 12.1 Å². The highest BCUT2D eigenvalue weighted by Crippen LogP contribution is 2.57. The van der Waals surface area contributed by atoms with Crippen LogP contribution in [0, 0.1) is 0 Å². The summed E-state index contributed by atoms with van der Waals surface area (Å²) >= 11 is 6.14. The molecule has 1 N–H and O–H groups in total. The summed E-state index contributed by atoms with van der Waals surface area (Å²) in [5.74, 6) is -0.287. The highest BCUT2D eigenvalue weighted by molar-refractivity contribution is 6.30. The van der Waals surface area contributed by atoms with Crippen LogP contribution < -0.4 is 4.74 Å². The number of ether oxygens (including phenoxy) is 3. The molecule has 2 heterocycles. The van der Waals surface area contributed by atoms with Crippen LogP contribution in [0.4, 0.5) is 0 Å². The fraction of sp³-hybridized carbons (Fsp3) is 0.500. The van der Waals surface area contributed by atoms with E-state index in [1.165, 1.54) is 7.11 Å². The first-order valence-electron chi connectivity index (χ1n) is 6.51. The van der Waals surface area contributed by atoms with Crippen molar-refractivity contribution in [3.63, 3.8) is 0 Å². The average Bonchev–Trinajstić information content (AvgIpc) is 2.90. The fourth-order valence-electron chi connectivity index (χ4n) is 3.47. The molecule has 0 spiro atoms. The lowest BCUT2D eigenvalue weighted by atomic mass is 9.94. The number of aliphatic carboxylic acids is 1. The molecule has 0 radical (unpaired) electrons. The molecule has 2 aliphatic heterocycles. The number of halogens is 1. The zero-order valence-electron chi connectivity index (χ0n) is 10.7. The Morgan fingerprint density at radius 1 is 1.50 bits per heavy atom. The molecule has 2 fully saturated rings. The maximum atomic E-state index is 11.3. The summed E-state index contributed by atoms with van der Waals surface area (Å²) < 4.78 is 16.6. The number of epoxide rings is 1. The minimum absolute atomic E-state index is 0.0669. The van der Waals surface area contributed by atoms with Gasteiger partial charge in [0.2, 0.25) is 0 Å². The van der Waals surface area contributed by atoms with Gasteiger partial charge in [0.15, 0.2) is 6.10 Å². The van der Waals surface area contributed by atoms with Gasteiger partial charge < -0.3 is 19.3 Å². The van der Waals surface area contributed by atoms with E-state index < -0.39 is 12.1 Å². The van der Waals surface area contributed by atoms with Crippen LogP contribution in [-0.2, 0) is 14.3 Å². The van der Waals surface area contributed by atoms with Crippen LogP contribution in [0.2, 0.25) is 5.02 Å². The van der Waals surface area contributed by atoms with Gasteiger partial charge in [0.05, 0.1) is 18.1 Å². The minimum Gasteiger partial charge on any atom is -0.489 e. The molecular formula is C14H13ClO5. The lowest BCUT2D eigenvalue weighted by Gasteiger charge is -2.16. The molecule has 0 amide bonds. The summed E-state index contributed by atoms with van der Waals surface area (Å²) in [5, 5.41) is 9.76. The standard InChI is InChI=1S/C14H13ClO5/c1-18-12(14(16)17)7-3-5(15)2-6-10-8(19-11(6)7)4-9-13(10)20-9/h2-3,8-10,12-13H,4H2,1H3,(H,16,17)/t8?,9-,10?,12?,13-/m1/s1. The molecule has 0 bridgehead atoms. The van der Waals surface area contributed by atoms with E-state index in [0.29, 0.717) is 22.4 Å².